The molecule has 98 valence electrons. The van der Waals surface area contributed by atoms with Gasteiger partial charge in [0.2, 0.25) is 0 Å². The van der Waals surface area contributed by atoms with Crippen molar-refractivity contribution in [3.63, 3.8) is 0 Å². The van der Waals surface area contributed by atoms with Crippen LogP contribution >= 0.6 is 15.9 Å². The first-order chi connectivity index (χ1) is 8.50. The SMILES string of the molecule is C[C@@H]1COCCN1C(=O)c1cc(N)c(F)cc1Br. The third kappa shape index (κ3) is 2.49. The normalized spacial score (nSPS) is 19.9. The van der Waals surface area contributed by atoms with Crippen molar-refractivity contribution in [1.82, 2.24) is 4.90 Å². The number of carbonyl (C=O) groups is 1. The number of carbonyl (C=O) groups excluding carboxylic acids is 1. The zero-order valence-corrected chi connectivity index (χ0v) is 11.5. The van der Waals surface area contributed by atoms with Crippen LogP contribution in [-0.2, 0) is 4.74 Å². The largest absolute Gasteiger partial charge is 0.396 e. The lowest BCUT2D eigenvalue weighted by Gasteiger charge is -2.33. The maximum absolute atomic E-state index is 13.2. The van der Waals surface area contributed by atoms with Gasteiger partial charge in [-0.05, 0) is 35.0 Å². The number of rotatable bonds is 1. The highest BCUT2D eigenvalue weighted by Crippen LogP contribution is 2.25. The predicted molar refractivity (Wildman–Crippen MR) is 69.8 cm³/mol. The number of halogens is 2. The Labute approximate surface area is 113 Å². The van der Waals surface area contributed by atoms with E-state index in [-0.39, 0.29) is 17.6 Å². The zero-order chi connectivity index (χ0) is 13.3. The van der Waals surface area contributed by atoms with Crippen LogP contribution in [0.15, 0.2) is 16.6 Å². The predicted octanol–water partition coefficient (Wildman–Crippen LogP) is 2.03. The molecule has 2 rings (SSSR count). The Kier molecular flexibility index (Phi) is 3.87. The lowest BCUT2D eigenvalue weighted by atomic mass is 10.1. The molecule has 18 heavy (non-hydrogen) atoms. The third-order valence-corrected chi connectivity index (χ3v) is 3.60. The van der Waals surface area contributed by atoms with Crippen molar-refractivity contribution in [2.75, 3.05) is 25.5 Å². The van der Waals surface area contributed by atoms with Crippen molar-refractivity contribution in [2.45, 2.75) is 13.0 Å². The molecule has 1 aromatic rings. The number of nitrogens with two attached hydrogens (primary N) is 1. The molecule has 0 aromatic heterocycles. The monoisotopic (exact) mass is 316 g/mol. The Balaban J connectivity index is 2.30. The Morgan fingerprint density at radius 2 is 2.33 bits per heavy atom. The standard InChI is InChI=1S/C12H14BrFN2O2/c1-7-6-18-3-2-16(7)12(17)8-4-11(15)10(14)5-9(8)13/h4-5,7H,2-3,6,15H2,1H3/t7-/m1/s1. The van der Waals surface area contributed by atoms with Crippen LogP contribution in [0.2, 0.25) is 0 Å². The molecule has 1 aliphatic rings. The fourth-order valence-electron chi connectivity index (χ4n) is 1.91. The summed E-state index contributed by atoms with van der Waals surface area (Å²) in [5.74, 6) is -0.696. The lowest BCUT2D eigenvalue weighted by Crippen LogP contribution is -2.47. The molecule has 0 spiro atoms. The van der Waals surface area contributed by atoms with E-state index in [1.807, 2.05) is 6.92 Å². The number of hydrogen-bond acceptors (Lipinski definition) is 3. The van der Waals surface area contributed by atoms with E-state index in [0.717, 1.165) is 0 Å². The number of benzene rings is 1. The summed E-state index contributed by atoms with van der Waals surface area (Å²) in [4.78, 5) is 14.1. The second-order valence-electron chi connectivity index (χ2n) is 4.28. The molecule has 1 amide bonds. The summed E-state index contributed by atoms with van der Waals surface area (Å²) < 4.78 is 18.9. The van der Waals surface area contributed by atoms with Crippen molar-refractivity contribution < 1.29 is 13.9 Å². The van der Waals surface area contributed by atoms with Crippen molar-refractivity contribution in [3.05, 3.63) is 28.0 Å². The average Bonchev–Trinajstić information content (AvgIpc) is 2.33. The summed E-state index contributed by atoms with van der Waals surface area (Å²) in [6, 6.07) is 2.59. The second-order valence-corrected chi connectivity index (χ2v) is 5.13. The van der Waals surface area contributed by atoms with Gasteiger partial charge in [-0.1, -0.05) is 0 Å². The smallest absolute Gasteiger partial charge is 0.255 e. The minimum atomic E-state index is -0.534. The number of nitrogen functional groups attached to an aromatic ring is 1. The van der Waals surface area contributed by atoms with E-state index < -0.39 is 5.82 Å². The number of morpholine rings is 1. The molecule has 1 heterocycles. The molecule has 4 nitrogen and oxygen atoms in total. The lowest BCUT2D eigenvalue weighted by molar-refractivity contribution is 0.00354. The first-order valence-corrected chi connectivity index (χ1v) is 6.43. The van der Waals surface area contributed by atoms with Gasteiger partial charge in [-0.2, -0.15) is 0 Å². The Morgan fingerprint density at radius 3 is 3.00 bits per heavy atom. The molecule has 0 bridgehead atoms. The van der Waals surface area contributed by atoms with Gasteiger partial charge in [-0.15, -0.1) is 0 Å². The summed E-state index contributed by atoms with van der Waals surface area (Å²) in [6.45, 7) is 3.48. The Morgan fingerprint density at radius 1 is 1.61 bits per heavy atom. The second kappa shape index (κ2) is 5.24. The van der Waals surface area contributed by atoms with Crippen molar-refractivity contribution in [2.24, 2.45) is 0 Å². The fraction of sp³-hybridized carbons (Fsp3) is 0.417. The molecule has 1 fully saturated rings. The van der Waals surface area contributed by atoms with Crippen LogP contribution in [0.3, 0.4) is 0 Å². The van der Waals surface area contributed by atoms with Crippen LogP contribution in [-0.4, -0.2) is 36.6 Å². The van der Waals surface area contributed by atoms with E-state index in [9.17, 15) is 9.18 Å². The minimum absolute atomic E-state index is 0.00410. The molecule has 0 unspecified atom stereocenters. The van der Waals surface area contributed by atoms with Crippen LogP contribution in [0.5, 0.6) is 0 Å². The highest BCUT2D eigenvalue weighted by atomic mass is 79.9. The van der Waals surface area contributed by atoms with Gasteiger partial charge >= 0.3 is 0 Å². The molecule has 0 saturated carbocycles. The average molecular weight is 317 g/mol. The van der Waals surface area contributed by atoms with E-state index in [0.29, 0.717) is 29.8 Å². The molecule has 0 aliphatic carbocycles. The fourth-order valence-corrected chi connectivity index (χ4v) is 2.40. The molecular weight excluding hydrogens is 303 g/mol. The molecule has 1 aliphatic heterocycles. The van der Waals surface area contributed by atoms with Crippen LogP contribution in [0.1, 0.15) is 17.3 Å². The van der Waals surface area contributed by atoms with Gasteiger partial charge in [0.05, 0.1) is 30.5 Å². The molecule has 6 heteroatoms. The summed E-state index contributed by atoms with van der Waals surface area (Å²) in [5.41, 5.74) is 5.85. The van der Waals surface area contributed by atoms with Gasteiger partial charge in [-0.25, -0.2) is 4.39 Å². The van der Waals surface area contributed by atoms with Crippen molar-refractivity contribution in [3.8, 4) is 0 Å². The molecule has 1 atom stereocenters. The molecule has 0 radical (unpaired) electrons. The van der Waals surface area contributed by atoms with Gasteiger partial charge < -0.3 is 15.4 Å². The van der Waals surface area contributed by atoms with E-state index in [1.54, 1.807) is 4.90 Å². The zero-order valence-electron chi connectivity index (χ0n) is 9.95. The van der Waals surface area contributed by atoms with E-state index in [1.165, 1.54) is 12.1 Å². The van der Waals surface area contributed by atoms with Crippen molar-refractivity contribution in [1.29, 1.82) is 0 Å². The maximum atomic E-state index is 13.2. The number of nitrogens with zero attached hydrogens (tertiary/aromatic N) is 1. The molecule has 1 aromatic carbocycles. The van der Waals surface area contributed by atoms with Crippen LogP contribution in [0, 0.1) is 5.82 Å². The van der Waals surface area contributed by atoms with Crippen molar-refractivity contribution >= 4 is 27.5 Å². The van der Waals surface area contributed by atoms with Crippen LogP contribution < -0.4 is 5.73 Å². The maximum Gasteiger partial charge on any atom is 0.255 e. The van der Waals surface area contributed by atoms with Gasteiger partial charge in [-0.3, -0.25) is 4.79 Å². The summed E-state index contributed by atoms with van der Waals surface area (Å²) in [5, 5.41) is 0. The van der Waals surface area contributed by atoms with Gasteiger partial charge in [0, 0.05) is 11.0 Å². The van der Waals surface area contributed by atoms with Crippen LogP contribution in [0.25, 0.3) is 0 Å². The van der Waals surface area contributed by atoms with Gasteiger partial charge in [0.15, 0.2) is 0 Å². The number of amides is 1. The van der Waals surface area contributed by atoms with Gasteiger partial charge in [0.1, 0.15) is 5.82 Å². The Hall–Kier alpha value is -1.14. The summed E-state index contributed by atoms with van der Waals surface area (Å²) in [7, 11) is 0. The first-order valence-electron chi connectivity index (χ1n) is 5.64. The molecular formula is C12H14BrFN2O2. The van der Waals surface area contributed by atoms with Gasteiger partial charge in [0.25, 0.3) is 5.91 Å². The molecule has 2 N–H and O–H groups in total. The molecule has 1 saturated heterocycles. The Bertz CT molecular complexity index is 481. The highest BCUT2D eigenvalue weighted by molar-refractivity contribution is 9.10. The number of ether oxygens (including phenoxy) is 1. The quantitative estimate of drug-likeness (QED) is 0.807. The van der Waals surface area contributed by atoms with E-state index >= 15 is 0 Å². The van der Waals surface area contributed by atoms with Crippen LogP contribution in [0.4, 0.5) is 10.1 Å². The highest BCUT2D eigenvalue weighted by Gasteiger charge is 2.26. The van der Waals surface area contributed by atoms with E-state index in [2.05, 4.69) is 15.9 Å². The topological polar surface area (TPSA) is 55.6 Å². The summed E-state index contributed by atoms with van der Waals surface area (Å²) >= 11 is 3.19. The third-order valence-electron chi connectivity index (χ3n) is 2.95. The number of hydrogen-bond donors (Lipinski definition) is 1. The number of anilines is 1. The summed E-state index contributed by atoms with van der Waals surface area (Å²) in [6.07, 6.45) is 0. The minimum Gasteiger partial charge on any atom is -0.396 e. The first kappa shape index (κ1) is 13.3. The van der Waals surface area contributed by atoms with E-state index in [4.69, 9.17) is 10.5 Å².